The number of hydrogen-bond acceptors (Lipinski definition) is 4. The Hall–Kier alpha value is -1.88. The molecule has 168 valence electrons. The molecule has 2 aliphatic rings. The van der Waals surface area contributed by atoms with Crippen LogP contribution in [0.15, 0.2) is 34.9 Å². The minimum absolute atomic E-state index is 0.149. The number of carboxylic acids is 1. The van der Waals surface area contributed by atoms with Crippen LogP contribution in [0.2, 0.25) is 0 Å². The second kappa shape index (κ2) is 9.09. The normalized spacial score (nSPS) is 34.1. The minimum atomic E-state index is -0.914. The van der Waals surface area contributed by atoms with Crippen molar-refractivity contribution in [3.63, 3.8) is 0 Å². The number of hydrogen-bond donors (Lipinski definition) is 2. The monoisotopic (exact) mass is 418 g/mol. The van der Waals surface area contributed by atoms with Gasteiger partial charge in [-0.2, -0.15) is 0 Å². The van der Waals surface area contributed by atoms with Crippen LogP contribution in [0.4, 0.5) is 0 Å². The fourth-order valence-electron chi connectivity index (χ4n) is 5.94. The molecule has 0 aliphatic heterocycles. The highest BCUT2D eigenvalue weighted by Gasteiger charge is 2.59. The molecular weight excluding hydrogens is 380 g/mol. The number of fused-ring (bicyclic) bond motifs is 1. The van der Waals surface area contributed by atoms with Gasteiger partial charge >= 0.3 is 11.9 Å². The molecule has 0 amide bonds. The summed E-state index contributed by atoms with van der Waals surface area (Å²) in [6, 6.07) is 0. The molecule has 0 heterocycles. The summed E-state index contributed by atoms with van der Waals surface area (Å²) >= 11 is 0. The maximum Gasteiger partial charge on any atom is 0.333 e. The van der Waals surface area contributed by atoms with E-state index in [9.17, 15) is 14.7 Å². The van der Waals surface area contributed by atoms with E-state index in [0.29, 0.717) is 18.4 Å². The van der Waals surface area contributed by atoms with Gasteiger partial charge in [0, 0.05) is 17.1 Å². The zero-order valence-corrected chi connectivity index (χ0v) is 19.5. The lowest BCUT2D eigenvalue weighted by molar-refractivity contribution is -0.199. The van der Waals surface area contributed by atoms with Gasteiger partial charge in [0.05, 0.1) is 6.10 Å². The number of aliphatic hydroxyl groups is 1. The first-order chi connectivity index (χ1) is 13.8. The van der Waals surface area contributed by atoms with Crippen LogP contribution in [-0.2, 0) is 14.3 Å². The fourth-order valence-corrected chi connectivity index (χ4v) is 5.94. The van der Waals surface area contributed by atoms with Crippen molar-refractivity contribution < 1.29 is 24.5 Å². The van der Waals surface area contributed by atoms with Crippen LogP contribution in [0.25, 0.3) is 0 Å². The average molecular weight is 419 g/mol. The Morgan fingerprint density at radius 1 is 1.27 bits per heavy atom. The van der Waals surface area contributed by atoms with E-state index in [1.165, 1.54) is 11.6 Å². The third-order valence-corrected chi connectivity index (χ3v) is 7.63. The van der Waals surface area contributed by atoms with Gasteiger partial charge in [0.2, 0.25) is 0 Å². The first-order valence-corrected chi connectivity index (χ1v) is 10.9. The number of rotatable bonds is 6. The summed E-state index contributed by atoms with van der Waals surface area (Å²) in [6.45, 7) is 14.0. The van der Waals surface area contributed by atoms with E-state index in [2.05, 4.69) is 33.8 Å². The predicted octanol–water partition coefficient (Wildman–Crippen LogP) is 5.06. The van der Waals surface area contributed by atoms with Gasteiger partial charge < -0.3 is 14.9 Å². The molecule has 5 heteroatoms. The van der Waals surface area contributed by atoms with Crippen molar-refractivity contribution in [2.75, 3.05) is 0 Å². The smallest absolute Gasteiger partial charge is 0.333 e. The van der Waals surface area contributed by atoms with Crippen LogP contribution in [0.1, 0.15) is 74.1 Å². The van der Waals surface area contributed by atoms with E-state index in [1.54, 1.807) is 19.9 Å². The minimum Gasteiger partial charge on any atom is -0.478 e. The van der Waals surface area contributed by atoms with Gasteiger partial charge in [0.15, 0.2) is 0 Å². The Morgan fingerprint density at radius 2 is 1.90 bits per heavy atom. The maximum absolute atomic E-state index is 12.4. The van der Waals surface area contributed by atoms with Crippen molar-refractivity contribution in [3.8, 4) is 0 Å². The van der Waals surface area contributed by atoms with Crippen molar-refractivity contribution in [3.05, 3.63) is 34.9 Å². The summed E-state index contributed by atoms with van der Waals surface area (Å²) in [4.78, 5) is 23.4. The largest absolute Gasteiger partial charge is 0.478 e. The Bertz CT molecular complexity index is 772. The molecule has 5 unspecified atom stereocenters. The zero-order valence-electron chi connectivity index (χ0n) is 19.5. The van der Waals surface area contributed by atoms with Gasteiger partial charge in [-0.1, -0.05) is 44.1 Å². The number of carbonyl (C=O) groups is 2. The number of ether oxygens (including phenoxy) is 1. The molecule has 0 saturated heterocycles. The van der Waals surface area contributed by atoms with Gasteiger partial charge in [-0.05, 0) is 70.6 Å². The highest BCUT2D eigenvalue weighted by molar-refractivity contribution is 5.87. The molecule has 2 rings (SSSR count). The molecule has 5 nitrogen and oxygen atoms in total. The van der Waals surface area contributed by atoms with Gasteiger partial charge in [0.25, 0.3) is 0 Å². The first-order valence-electron chi connectivity index (χ1n) is 10.9. The quantitative estimate of drug-likeness (QED) is 0.358. The molecule has 2 N–H and O–H groups in total. The van der Waals surface area contributed by atoms with Crippen molar-refractivity contribution in [1.82, 2.24) is 0 Å². The summed E-state index contributed by atoms with van der Waals surface area (Å²) in [6.07, 6.45) is 6.99. The molecule has 0 aromatic carbocycles. The second-order valence-corrected chi connectivity index (χ2v) is 10.1. The molecule has 5 atom stereocenters. The molecule has 0 aromatic heterocycles. The standard InChI is InChI=1S/C25H38O5/c1-8-16(3)23(29)30-22-19(26)14-25(7)18(11-9-15(2)13-21(27)28)17(4)10-12-20(25)24(22,5)6/h8,10,13,18-20,22,26H,9,11-12,14H2,1-7H3,(H,27,28). The molecule has 1 saturated carbocycles. The highest BCUT2D eigenvalue weighted by atomic mass is 16.6. The summed E-state index contributed by atoms with van der Waals surface area (Å²) in [5.74, 6) is -0.791. The van der Waals surface area contributed by atoms with Crippen molar-refractivity contribution in [2.45, 2.75) is 86.4 Å². The Morgan fingerprint density at radius 3 is 2.47 bits per heavy atom. The van der Waals surface area contributed by atoms with E-state index >= 15 is 0 Å². The number of carboxylic acid groups (broad SMARTS) is 1. The summed E-state index contributed by atoms with van der Waals surface area (Å²) < 4.78 is 5.82. The van der Waals surface area contributed by atoms with Crippen molar-refractivity contribution in [1.29, 1.82) is 0 Å². The summed E-state index contributed by atoms with van der Waals surface area (Å²) in [5.41, 5.74) is 2.16. The molecule has 0 aromatic rings. The van der Waals surface area contributed by atoms with Crippen LogP contribution < -0.4 is 0 Å². The molecule has 1 fully saturated rings. The van der Waals surface area contributed by atoms with Crippen molar-refractivity contribution >= 4 is 11.9 Å². The number of aliphatic hydroxyl groups excluding tert-OH is 1. The molecule has 0 radical (unpaired) electrons. The van der Waals surface area contributed by atoms with E-state index < -0.39 is 23.6 Å². The van der Waals surface area contributed by atoms with Gasteiger partial charge in [-0.25, -0.2) is 9.59 Å². The zero-order chi connectivity index (χ0) is 22.9. The van der Waals surface area contributed by atoms with Gasteiger partial charge in [0.1, 0.15) is 6.10 Å². The third-order valence-electron chi connectivity index (χ3n) is 7.63. The lowest BCUT2D eigenvalue weighted by Gasteiger charge is -2.60. The fraction of sp³-hybridized carbons (Fsp3) is 0.680. The number of carbonyl (C=O) groups excluding carboxylic acids is 1. The summed E-state index contributed by atoms with van der Waals surface area (Å²) in [5, 5.41) is 20.1. The highest BCUT2D eigenvalue weighted by Crippen LogP contribution is 2.61. The number of esters is 1. The molecule has 2 aliphatic carbocycles. The summed E-state index contributed by atoms with van der Waals surface area (Å²) in [7, 11) is 0. The van der Waals surface area contributed by atoms with Crippen molar-refractivity contribution in [2.24, 2.45) is 22.7 Å². The van der Waals surface area contributed by atoms with E-state index in [4.69, 9.17) is 9.84 Å². The Labute approximate surface area is 180 Å². The van der Waals surface area contributed by atoms with Crippen LogP contribution in [0.5, 0.6) is 0 Å². The van der Waals surface area contributed by atoms with E-state index in [1.807, 2.05) is 6.92 Å². The average Bonchev–Trinajstić information content (AvgIpc) is 2.62. The third kappa shape index (κ3) is 4.72. The predicted molar refractivity (Wildman–Crippen MR) is 118 cm³/mol. The van der Waals surface area contributed by atoms with Crippen LogP contribution in [-0.4, -0.2) is 34.4 Å². The number of allylic oxidation sites excluding steroid dienone is 4. The van der Waals surface area contributed by atoms with Crippen LogP contribution in [0, 0.1) is 22.7 Å². The molecular formula is C25H38O5. The molecule has 30 heavy (non-hydrogen) atoms. The molecule has 0 spiro atoms. The Kier molecular flexibility index (Phi) is 7.39. The Balaban J connectivity index is 2.32. The molecule has 0 bridgehead atoms. The first kappa shape index (κ1) is 24.4. The van der Waals surface area contributed by atoms with Crippen LogP contribution in [0.3, 0.4) is 0 Å². The van der Waals surface area contributed by atoms with Crippen LogP contribution >= 0.6 is 0 Å². The lowest BCUT2D eigenvalue weighted by Crippen LogP contribution is -2.60. The SMILES string of the molecule is CC=C(C)C(=O)OC1C(O)CC2(C)C(CCC(C)=CC(=O)O)C(C)=CCC2C1(C)C. The second-order valence-electron chi connectivity index (χ2n) is 10.1. The van der Waals surface area contributed by atoms with Gasteiger partial charge in [-0.3, -0.25) is 0 Å². The lowest BCUT2D eigenvalue weighted by atomic mass is 9.46. The van der Waals surface area contributed by atoms with Gasteiger partial charge in [-0.15, -0.1) is 0 Å². The maximum atomic E-state index is 12.4. The topological polar surface area (TPSA) is 83.8 Å². The number of aliphatic carboxylic acids is 1. The van der Waals surface area contributed by atoms with E-state index in [-0.39, 0.29) is 23.2 Å². The van der Waals surface area contributed by atoms with E-state index in [0.717, 1.165) is 18.4 Å².